The summed E-state index contributed by atoms with van der Waals surface area (Å²) in [6, 6.07) is 11.7. The molecular formula is C23H30N2O5S. The number of carbonyl (C=O) groups excluding carboxylic acids is 1. The van der Waals surface area contributed by atoms with Crippen LogP contribution in [-0.2, 0) is 10.0 Å². The summed E-state index contributed by atoms with van der Waals surface area (Å²) in [5.74, 6) is 1.09. The van der Waals surface area contributed by atoms with Gasteiger partial charge in [-0.15, -0.1) is 0 Å². The Hall–Kier alpha value is -2.58. The molecule has 0 bridgehead atoms. The summed E-state index contributed by atoms with van der Waals surface area (Å²) in [6.45, 7) is 4.97. The Labute approximate surface area is 184 Å². The third-order valence-corrected chi connectivity index (χ3v) is 7.24. The van der Waals surface area contributed by atoms with E-state index in [9.17, 15) is 13.2 Å². The van der Waals surface area contributed by atoms with Gasteiger partial charge in [-0.1, -0.05) is 12.5 Å². The lowest BCUT2D eigenvalue weighted by atomic mass is 10.1. The number of nitrogens with zero attached hydrogens (tertiary/aromatic N) is 1. The smallest absolute Gasteiger partial charge is 0.251 e. The maximum Gasteiger partial charge on any atom is 0.251 e. The Morgan fingerprint density at radius 2 is 1.71 bits per heavy atom. The SMILES string of the molecule is COc1ccc(OCC(C)NC(=O)c2cc(S(=O)(=O)N3CCCCC3)ccc2C)cc1. The summed E-state index contributed by atoms with van der Waals surface area (Å²) in [5, 5.41) is 2.89. The molecule has 168 valence electrons. The number of hydrogen-bond donors (Lipinski definition) is 1. The molecule has 1 unspecified atom stereocenters. The molecule has 0 aromatic heterocycles. The molecule has 31 heavy (non-hydrogen) atoms. The van der Waals surface area contributed by atoms with E-state index in [2.05, 4.69) is 5.32 Å². The zero-order chi connectivity index (χ0) is 22.4. The minimum atomic E-state index is -3.60. The van der Waals surface area contributed by atoms with Crippen LogP contribution in [0.4, 0.5) is 0 Å². The van der Waals surface area contributed by atoms with E-state index < -0.39 is 10.0 Å². The number of ether oxygens (including phenoxy) is 2. The van der Waals surface area contributed by atoms with Crippen molar-refractivity contribution in [1.82, 2.24) is 9.62 Å². The van der Waals surface area contributed by atoms with Gasteiger partial charge in [0.15, 0.2) is 0 Å². The second kappa shape index (κ2) is 10.2. The number of rotatable bonds is 8. The second-order valence-corrected chi connectivity index (χ2v) is 9.74. The molecule has 0 aliphatic carbocycles. The summed E-state index contributed by atoms with van der Waals surface area (Å²) >= 11 is 0. The fourth-order valence-corrected chi connectivity index (χ4v) is 5.04. The number of sulfonamides is 1. The summed E-state index contributed by atoms with van der Waals surface area (Å²) in [4.78, 5) is 13.0. The monoisotopic (exact) mass is 446 g/mol. The van der Waals surface area contributed by atoms with Gasteiger partial charge in [0.1, 0.15) is 18.1 Å². The normalized spacial score (nSPS) is 15.8. The molecule has 1 fully saturated rings. The maximum atomic E-state index is 13.0. The van der Waals surface area contributed by atoms with Gasteiger partial charge in [-0.2, -0.15) is 4.31 Å². The van der Waals surface area contributed by atoms with Crippen LogP contribution in [0.5, 0.6) is 11.5 Å². The van der Waals surface area contributed by atoms with Crippen molar-refractivity contribution < 1.29 is 22.7 Å². The zero-order valence-electron chi connectivity index (χ0n) is 18.3. The summed E-state index contributed by atoms with van der Waals surface area (Å²) in [6.07, 6.45) is 2.78. The number of methoxy groups -OCH3 is 1. The number of piperidine rings is 1. The van der Waals surface area contributed by atoms with E-state index in [4.69, 9.17) is 9.47 Å². The molecule has 1 N–H and O–H groups in total. The summed E-state index contributed by atoms with van der Waals surface area (Å²) in [5.41, 5.74) is 1.08. The highest BCUT2D eigenvalue weighted by Gasteiger charge is 2.27. The van der Waals surface area contributed by atoms with Gasteiger partial charge < -0.3 is 14.8 Å². The average molecular weight is 447 g/mol. The Balaban J connectivity index is 1.65. The van der Waals surface area contributed by atoms with Crippen LogP contribution in [0.2, 0.25) is 0 Å². The minimum Gasteiger partial charge on any atom is -0.497 e. The highest BCUT2D eigenvalue weighted by Crippen LogP contribution is 2.23. The van der Waals surface area contributed by atoms with Crippen molar-refractivity contribution in [1.29, 1.82) is 0 Å². The van der Waals surface area contributed by atoms with Crippen molar-refractivity contribution in [2.45, 2.75) is 44.0 Å². The second-order valence-electron chi connectivity index (χ2n) is 7.80. The molecule has 1 aliphatic heterocycles. The van der Waals surface area contributed by atoms with Crippen molar-refractivity contribution in [2.24, 2.45) is 0 Å². The Morgan fingerprint density at radius 1 is 1.06 bits per heavy atom. The molecule has 2 aromatic rings. The van der Waals surface area contributed by atoms with Crippen molar-refractivity contribution in [3.8, 4) is 11.5 Å². The lowest BCUT2D eigenvalue weighted by molar-refractivity contribution is 0.0926. The first-order valence-electron chi connectivity index (χ1n) is 10.5. The van der Waals surface area contributed by atoms with Gasteiger partial charge in [0.2, 0.25) is 10.0 Å². The van der Waals surface area contributed by atoms with Crippen molar-refractivity contribution in [2.75, 3.05) is 26.8 Å². The molecule has 7 nitrogen and oxygen atoms in total. The Bertz CT molecular complexity index is 999. The number of benzene rings is 2. The van der Waals surface area contributed by atoms with Crippen molar-refractivity contribution in [3.05, 3.63) is 53.6 Å². The zero-order valence-corrected chi connectivity index (χ0v) is 19.1. The predicted octanol–water partition coefficient (Wildman–Crippen LogP) is 3.38. The van der Waals surface area contributed by atoms with Crippen LogP contribution in [0.3, 0.4) is 0 Å². The van der Waals surface area contributed by atoms with Crippen LogP contribution in [0, 0.1) is 6.92 Å². The molecule has 1 saturated heterocycles. The van der Waals surface area contributed by atoms with E-state index in [-0.39, 0.29) is 23.5 Å². The number of aryl methyl sites for hydroxylation is 1. The van der Waals surface area contributed by atoms with Crippen LogP contribution in [0.15, 0.2) is 47.4 Å². The highest BCUT2D eigenvalue weighted by molar-refractivity contribution is 7.89. The number of hydrogen-bond acceptors (Lipinski definition) is 5. The molecule has 0 radical (unpaired) electrons. The van der Waals surface area contributed by atoms with Gasteiger partial charge in [0.05, 0.1) is 18.0 Å². The van der Waals surface area contributed by atoms with Gasteiger partial charge >= 0.3 is 0 Å². The van der Waals surface area contributed by atoms with Crippen molar-refractivity contribution >= 4 is 15.9 Å². The van der Waals surface area contributed by atoms with E-state index in [1.165, 1.54) is 10.4 Å². The van der Waals surface area contributed by atoms with Crippen LogP contribution in [0.1, 0.15) is 42.1 Å². The number of nitrogens with one attached hydrogen (secondary N) is 1. The lowest BCUT2D eigenvalue weighted by Gasteiger charge is -2.26. The first-order chi connectivity index (χ1) is 14.8. The Morgan fingerprint density at radius 3 is 2.35 bits per heavy atom. The van der Waals surface area contributed by atoms with Crippen LogP contribution in [-0.4, -0.2) is 51.5 Å². The fraction of sp³-hybridized carbons (Fsp3) is 0.435. The van der Waals surface area contributed by atoms with E-state index in [0.717, 1.165) is 30.6 Å². The quantitative estimate of drug-likeness (QED) is 0.672. The van der Waals surface area contributed by atoms with Crippen molar-refractivity contribution in [3.63, 3.8) is 0 Å². The predicted molar refractivity (Wildman–Crippen MR) is 119 cm³/mol. The third kappa shape index (κ3) is 5.77. The largest absolute Gasteiger partial charge is 0.497 e. The van der Waals surface area contributed by atoms with Crippen LogP contribution >= 0.6 is 0 Å². The van der Waals surface area contributed by atoms with Crippen LogP contribution in [0.25, 0.3) is 0 Å². The van der Waals surface area contributed by atoms with Gasteiger partial charge in [-0.25, -0.2) is 8.42 Å². The fourth-order valence-electron chi connectivity index (χ4n) is 3.50. The molecule has 0 spiro atoms. The topological polar surface area (TPSA) is 84.9 Å². The molecule has 3 rings (SSSR count). The Kier molecular flexibility index (Phi) is 7.56. The lowest BCUT2D eigenvalue weighted by Crippen LogP contribution is -2.38. The first-order valence-corrected chi connectivity index (χ1v) is 11.9. The highest BCUT2D eigenvalue weighted by atomic mass is 32.2. The van der Waals surface area contributed by atoms with Gasteiger partial charge in [0.25, 0.3) is 5.91 Å². The van der Waals surface area contributed by atoms with E-state index in [0.29, 0.717) is 24.4 Å². The average Bonchev–Trinajstić information content (AvgIpc) is 2.78. The van der Waals surface area contributed by atoms with E-state index >= 15 is 0 Å². The molecular weight excluding hydrogens is 416 g/mol. The number of carbonyl (C=O) groups is 1. The van der Waals surface area contributed by atoms with Gasteiger partial charge in [-0.05, 0) is 68.7 Å². The minimum absolute atomic E-state index is 0.160. The van der Waals surface area contributed by atoms with E-state index in [1.54, 1.807) is 50.4 Å². The van der Waals surface area contributed by atoms with E-state index in [1.807, 2.05) is 6.92 Å². The van der Waals surface area contributed by atoms with Gasteiger partial charge in [-0.3, -0.25) is 4.79 Å². The molecule has 1 heterocycles. The van der Waals surface area contributed by atoms with Gasteiger partial charge in [0, 0.05) is 18.7 Å². The maximum absolute atomic E-state index is 13.0. The first kappa shape index (κ1) is 23.1. The molecule has 2 aromatic carbocycles. The molecule has 8 heteroatoms. The molecule has 1 atom stereocenters. The molecule has 1 amide bonds. The standard InChI is InChI=1S/C23H30N2O5S/c1-17-7-12-21(31(27,28)25-13-5-4-6-14-25)15-22(17)23(26)24-18(2)16-30-20-10-8-19(29-3)9-11-20/h7-12,15,18H,4-6,13-14,16H2,1-3H3,(H,24,26). The molecule has 0 saturated carbocycles. The van der Waals surface area contributed by atoms with Crippen LogP contribution < -0.4 is 14.8 Å². The number of amides is 1. The third-order valence-electron chi connectivity index (χ3n) is 5.34. The molecule has 1 aliphatic rings. The summed E-state index contributed by atoms with van der Waals surface area (Å²) in [7, 11) is -2.00. The summed E-state index contributed by atoms with van der Waals surface area (Å²) < 4.78 is 38.3.